The minimum absolute atomic E-state index is 0.0784. The van der Waals surface area contributed by atoms with Gasteiger partial charge in [-0.2, -0.15) is 5.26 Å². The summed E-state index contributed by atoms with van der Waals surface area (Å²) in [7, 11) is 0. The lowest BCUT2D eigenvalue weighted by atomic mass is 9.93. The Kier molecular flexibility index (Phi) is 4.08. The summed E-state index contributed by atoms with van der Waals surface area (Å²) in [5.41, 5.74) is 1.88. The maximum Gasteiger partial charge on any atom is 0.0991 e. The summed E-state index contributed by atoms with van der Waals surface area (Å²) >= 11 is 0. The zero-order valence-electron chi connectivity index (χ0n) is 11.6. The van der Waals surface area contributed by atoms with Gasteiger partial charge in [-0.3, -0.25) is 0 Å². The maximum atomic E-state index is 9.58. The van der Waals surface area contributed by atoms with E-state index in [-0.39, 0.29) is 18.1 Å². The highest BCUT2D eigenvalue weighted by Gasteiger charge is 2.30. The number of nitrogens with one attached hydrogen (secondary N) is 1. The molecule has 1 aliphatic heterocycles. The zero-order chi connectivity index (χ0) is 13.9. The second kappa shape index (κ2) is 5.60. The highest BCUT2D eigenvalue weighted by Crippen LogP contribution is 2.26. The van der Waals surface area contributed by atoms with E-state index in [0.29, 0.717) is 5.56 Å². The van der Waals surface area contributed by atoms with Crippen LogP contribution in [-0.4, -0.2) is 37.4 Å². The van der Waals surface area contributed by atoms with Crippen LogP contribution in [0.5, 0.6) is 0 Å². The molecular formula is C15H21N3O. The first-order valence-corrected chi connectivity index (χ1v) is 6.64. The van der Waals surface area contributed by atoms with Crippen molar-refractivity contribution >= 4 is 5.69 Å². The van der Waals surface area contributed by atoms with E-state index < -0.39 is 0 Å². The predicted molar refractivity (Wildman–Crippen MR) is 76.0 cm³/mol. The van der Waals surface area contributed by atoms with E-state index in [4.69, 9.17) is 5.26 Å². The first kappa shape index (κ1) is 13.9. The Hall–Kier alpha value is -1.57. The predicted octanol–water partition coefficient (Wildman–Crippen LogP) is 1.35. The Morgan fingerprint density at radius 2 is 2.11 bits per heavy atom. The van der Waals surface area contributed by atoms with Gasteiger partial charge in [0.25, 0.3) is 0 Å². The molecule has 1 saturated heterocycles. The van der Waals surface area contributed by atoms with Crippen molar-refractivity contribution in [1.29, 1.82) is 5.26 Å². The molecule has 0 amide bonds. The third-order valence-corrected chi connectivity index (χ3v) is 3.56. The number of hydrogen-bond donors (Lipinski definition) is 2. The van der Waals surface area contributed by atoms with Gasteiger partial charge in [-0.1, -0.05) is 13.8 Å². The quantitative estimate of drug-likeness (QED) is 0.842. The van der Waals surface area contributed by atoms with E-state index in [1.807, 2.05) is 24.3 Å². The van der Waals surface area contributed by atoms with E-state index in [0.717, 1.165) is 25.3 Å². The molecule has 4 nitrogen and oxygen atoms in total. The van der Waals surface area contributed by atoms with Gasteiger partial charge in [0.05, 0.1) is 24.3 Å². The van der Waals surface area contributed by atoms with Crippen molar-refractivity contribution in [2.45, 2.75) is 19.9 Å². The molecule has 1 unspecified atom stereocenters. The van der Waals surface area contributed by atoms with Crippen molar-refractivity contribution in [3.63, 3.8) is 0 Å². The van der Waals surface area contributed by atoms with Crippen molar-refractivity contribution in [3.8, 4) is 6.07 Å². The summed E-state index contributed by atoms with van der Waals surface area (Å²) in [6.07, 6.45) is 0. The molecule has 4 heteroatoms. The summed E-state index contributed by atoms with van der Waals surface area (Å²) in [4.78, 5) is 2.24. The van der Waals surface area contributed by atoms with E-state index in [1.54, 1.807) is 0 Å². The molecule has 2 rings (SSSR count). The molecule has 1 atom stereocenters. The summed E-state index contributed by atoms with van der Waals surface area (Å²) in [6, 6.07) is 9.79. The summed E-state index contributed by atoms with van der Waals surface area (Å²) in [5.74, 6) is 0. The largest absolute Gasteiger partial charge is 0.394 e. The lowest BCUT2D eigenvalue weighted by Gasteiger charge is -2.35. The van der Waals surface area contributed by atoms with Crippen molar-refractivity contribution in [3.05, 3.63) is 29.8 Å². The third kappa shape index (κ3) is 3.25. The van der Waals surface area contributed by atoms with Crippen LogP contribution in [0.2, 0.25) is 0 Å². The lowest BCUT2D eigenvalue weighted by Crippen LogP contribution is -2.44. The molecule has 0 bridgehead atoms. The van der Waals surface area contributed by atoms with Crippen LogP contribution in [0.1, 0.15) is 19.4 Å². The number of rotatable bonds is 2. The lowest BCUT2D eigenvalue weighted by molar-refractivity contribution is 0.258. The number of nitrogens with zero attached hydrogens (tertiary/aromatic N) is 2. The van der Waals surface area contributed by atoms with Crippen LogP contribution in [0.4, 0.5) is 5.69 Å². The van der Waals surface area contributed by atoms with Crippen molar-refractivity contribution in [2.75, 3.05) is 31.1 Å². The molecule has 0 aliphatic carbocycles. The average molecular weight is 259 g/mol. The molecular weight excluding hydrogens is 238 g/mol. The Labute approximate surface area is 114 Å². The number of benzene rings is 1. The Balaban J connectivity index is 2.28. The summed E-state index contributed by atoms with van der Waals surface area (Å²) < 4.78 is 0. The SMILES string of the molecule is CC1(C)CNCC(CO)N(c2ccc(C#N)cc2)C1. The molecule has 1 aromatic carbocycles. The molecule has 0 aromatic heterocycles. The van der Waals surface area contributed by atoms with Crippen LogP contribution in [-0.2, 0) is 0 Å². The van der Waals surface area contributed by atoms with E-state index in [9.17, 15) is 5.11 Å². The van der Waals surface area contributed by atoms with Crippen LogP contribution in [0.3, 0.4) is 0 Å². The average Bonchev–Trinajstić information content (AvgIpc) is 2.56. The van der Waals surface area contributed by atoms with Gasteiger partial charge in [0, 0.05) is 25.3 Å². The van der Waals surface area contributed by atoms with Gasteiger partial charge in [-0.25, -0.2) is 0 Å². The Bertz CT molecular complexity index is 461. The summed E-state index contributed by atoms with van der Waals surface area (Å²) in [6.45, 7) is 7.17. The van der Waals surface area contributed by atoms with Gasteiger partial charge in [0.2, 0.25) is 0 Å². The van der Waals surface area contributed by atoms with Crippen molar-refractivity contribution < 1.29 is 5.11 Å². The van der Waals surface area contributed by atoms with Crippen LogP contribution in [0.15, 0.2) is 24.3 Å². The highest BCUT2D eigenvalue weighted by atomic mass is 16.3. The second-order valence-corrected chi connectivity index (χ2v) is 5.92. The topological polar surface area (TPSA) is 59.3 Å². The van der Waals surface area contributed by atoms with Crippen LogP contribution in [0.25, 0.3) is 0 Å². The molecule has 1 aromatic rings. The fourth-order valence-electron chi connectivity index (χ4n) is 2.53. The number of nitriles is 1. The van der Waals surface area contributed by atoms with Crippen LogP contribution < -0.4 is 10.2 Å². The van der Waals surface area contributed by atoms with E-state index in [1.165, 1.54) is 0 Å². The molecule has 19 heavy (non-hydrogen) atoms. The standard InChI is InChI=1S/C15H21N3O/c1-15(2)10-17-8-14(9-19)18(11-15)13-5-3-12(7-16)4-6-13/h3-6,14,17,19H,8-11H2,1-2H3. The molecule has 0 radical (unpaired) electrons. The molecule has 1 aliphatic rings. The minimum atomic E-state index is 0.0784. The molecule has 2 N–H and O–H groups in total. The Morgan fingerprint density at radius 1 is 1.42 bits per heavy atom. The second-order valence-electron chi connectivity index (χ2n) is 5.92. The zero-order valence-corrected chi connectivity index (χ0v) is 11.6. The highest BCUT2D eigenvalue weighted by molar-refractivity contribution is 5.51. The van der Waals surface area contributed by atoms with Gasteiger partial charge in [-0.05, 0) is 29.7 Å². The van der Waals surface area contributed by atoms with Crippen molar-refractivity contribution in [2.24, 2.45) is 5.41 Å². The molecule has 0 spiro atoms. The van der Waals surface area contributed by atoms with Crippen LogP contribution in [0, 0.1) is 16.7 Å². The van der Waals surface area contributed by atoms with Gasteiger partial charge in [0.15, 0.2) is 0 Å². The molecule has 102 valence electrons. The molecule has 0 saturated carbocycles. The number of hydrogen-bond acceptors (Lipinski definition) is 4. The number of anilines is 1. The normalized spacial score (nSPS) is 22.6. The smallest absolute Gasteiger partial charge is 0.0991 e. The minimum Gasteiger partial charge on any atom is -0.394 e. The first-order valence-electron chi connectivity index (χ1n) is 6.64. The first-order chi connectivity index (χ1) is 9.05. The summed E-state index contributed by atoms with van der Waals surface area (Å²) in [5, 5.41) is 21.8. The Morgan fingerprint density at radius 3 is 2.68 bits per heavy atom. The number of aliphatic hydroxyl groups is 1. The van der Waals surface area contributed by atoms with E-state index in [2.05, 4.69) is 30.1 Å². The van der Waals surface area contributed by atoms with E-state index >= 15 is 0 Å². The number of aliphatic hydroxyl groups excluding tert-OH is 1. The van der Waals surface area contributed by atoms with Gasteiger partial charge in [-0.15, -0.1) is 0 Å². The fourth-order valence-corrected chi connectivity index (χ4v) is 2.53. The third-order valence-electron chi connectivity index (χ3n) is 3.56. The van der Waals surface area contributed by atoms with Gasteiger partial charge >= 0.3 is 0 Å². The van der Waals surface area contributed by atoms with Gasteiger partial charge in [0.1, 0.15) is 0 Å². The monoisotopic (exact) mass is 259 g/mol. The molecule has 1 fully saturated rings. The van der Waals surface area contributed by atoms with Gasteiger partial charge < -0.3 is 15.3 Å². The van der Waals surface area contributed by atoms with Crippen molar-refractivity contribution in [1.82, 2.24) is 5.32 Å². The maximum absolute atomic E-state index is 9.58. The van der Waals surface area contributed by atoms with Crippen LogP contribution >= 0.6 is 0 Å². The fraction of sp³-hybridized carbons (Fsp3) is 0.533. The molecule has 1 heterocycles.